The summed E-state index contributed by atoms with van der Waals surface area (Å²) in [6.45, 7) is 0. The van der Waals surface area contributed by atoms with Crippen molar-refractivity contribution in [1.82, 2.24) is 5.32 Å². The normalized spacial score (nSPS) is 24.7. The van der Waals surface area contributed by atoms with Gasteiger partial charge < -0.3 is 10.4 Å². The summed E-state index contributed by atoms with van der Waals surface area (Å²) in [6, 6.07) is 7.04. The van der Waals surface area contributed by atoms with Gasteiger partial charge in [-0.05, 0) is 55.4 Å². The Morgan fingerprint density at radius 3 is 2.53 bits per heavy atom. The Labute approximate surface area is 116 Å². The summed E-state index contributed by atoms with van der Waals surface area (Å²) in [5.41, 5.74) is 2.77. The molecule has 19 heavy (non-hydrogen) atoms. The number of hydrogen-bond acceptors (Lipinski definition) is 2. The maximum absolute atomic E-state index is 9.73. The lowest BCUT2D eigenvalue weighted by atomic mass is 9.86. The molecular formula is C17H25NO. The van der Waals surface area contributed by atoms with Crippen LogP contribution in [0.4, 0.5) is 0 Å². The second-order valence-corrected chi connectivity index (χ2v) is 6.18. The Balaban J connectivity index is 1.73. The second-order valence-electron chi connectivity index (χ2n) is 6.18. The minimum atomic E-state index is 0.410. The fourth-order valence-electron chi connectivity index (χ4n) is 3.69. The minimum absolute atomic E-state index is 0.410. The molecule has 0 spiro atoms. The van der Waals surface area contributed by atoms with Crippen LogP contribution in [0.15, 0.2) is 18.2 Å². The molecule has 0 aliphatic heterocycles. The average molecular weight is 259 g/mol. The second kappa shape index (κ2) is 5.96. The van der Waals surface area contributed by atoms with Crippen LogP contribution in [0.1, 0.15) is 68.5 Å². The van der Waals surface area contributed by atoms with Crippen molar-refractivity contribution in [3.05, 3.63) is 29.3 Å². The van der Waals surface area contributed by atoms with E-state index in [-0.39, 0.29) is 0 Å². The number of hydrogen-bond donors (Lipinski definition) is 2. The standard InChI is InChI=1S/C17H25NO/c19-15-11-10-13-6-5-9-17(16(13)12-15)18-14-7-3-1-2-4-8-14/h10-12,14,17-19H,1-9H2. The third-order valence-electron chi connectivity index (χ3n) is 4.74. The molecule has 1 unspecified atom stereocenters. The van der Waals surface area contributed by atoms with Gasteiger partial charge in [-0.3, -0.25) is 0 Å². The number of phenolic OH excluding ortho intramolecular Hbond substituents is 1. The fraction of sp³-hybridized carbons (Fsp3) is 0.647. The van der Waals surface area contributed by atoms with E-state index in [0.717, 1.165) is 0 Å². The summed E-state index contributed by atoms with van der Waals surface area (Å²) in [5, 5.41) is 13.6. The maximum atomic E-state index is 9.73. The molecule has 104 valence electrons. The van der Waals surface area contributed by atoms with E-state index >= 15 is 0 Å². The lowest BCUT2D eigenvalue weighted by Gasteiger charge is -2.30. The quantitative estimate of drug-likeness (QED) is 0.784. The SMILES string of the molecule is Oc1ccc2c(c1)C(NC1CCCCCC1)CCC2. The van der Waals surface area contributed by atoms with Gasteiger partial charge in [-0.2, -0.15) is 0 Å². The van der Waals surface area contributed by atoms with Crippen LogP contribution >= 0.6 is 0 Å². The van der Waals surface area contributed by atoms with Crippen molar-refractivity contribution in [3.63, 3.8) is 0 Å². The molecule has 1 aromatic rings. The Morgan fingerprint density at radius 1 is 0.947 bits per heavy atom. The van der Waals surface area contributed by atoms with Gasteiger partial charge in [0.2, 0.25) is 0 Å². The van der Waals surface area contributed by atoms with Gasteiger partial charge in [0.15, 0.2) is 0 Å². The zero-order valence-corrected chi connectivity index (χ0v) is 11.7. The number of aromatic hydroxyl groups is 1. The van der Waals surface area contributed by atoms with Gasteiger partial charge in [0, 0.05) is 12.1 Å². The van der Waals surface area contributed by atoms with E-state index in [1.54, 1.807) is 0 Å². The highest BCUT2D eigenvalue weighted by molar-refractivity contribution is 5.38. The Kier molecular flexibility index (Phi) is 4.07. The minimum Gasteiger partial charge on any atom is -0.508 e. The van der Waals surface area contributed by atoms with Crippen molar-refractivity contribution in [3.8, 4) is 5.75 Å². The average Bonchev–Trinajstić information content (AvgIpc) is 2.68. The molecule has 1 fully saturated rings. The molecule has 0 amide bonds. The van der Waals surface area contributed by atoms with Crippen LogP contribution in [0.2, 0.25) is 0 Å². The molecule has 2 N–H and O–H groups in total. The van der Waals surface area contributed by atoms with Gasteiger partial charge in [0.05, 0.1) is 0 Å². The highest BCUT2D eigenvalue weighted by atomic mass is 16.3. The molecule has 2 heteroatoms. The zero-order valence-electron chi connectivity index (χ0n) is 11.7. The van der Waals surface area contributed by atoms with E-state index < -0.39 is 0 Å². The van der Waals surface area contributed by atoms with Gasteiger partial charge in [-0.15, -0.1) is 0 Å². The summed E-state index contributed by atoms with van der Waals surface area (Å²) < 4.78 is 0. The largest absolute Gasteiger partial charge is 0.508 e. The molecule has 0 bridgehead atoms. The fourth-order valence-corrected chi connectivity index (χ4v) is 3.69. The third-order valence-corrected chi connectivity index (χ3v) is 4.74. The van der Waals surface area contributed by atoms with Crippen LogP contribution in [0.5, 0.6) is 5.75 Å². The van der Waals surface area contributed by atoms with E-state index in [1.165, 1.54) is 68.9 Å². The predicted molar refractivity (Wildman–Crippen MR) is 78.4 cm³/mol. The van der Waals surface area contributed by atoms with Crippen molar-refractivity contribution in [2.24, 2.45) is 0 Å². The van der Waals surface area contributed by atoms with Crippen LogP contribution in [-0.4, -0.2) is 11.1 Å². The maximum Gasteiger partial charge on any atom is 0.115 e. The molecule has 1 atom stereocenters. The van der Waals surface area contributed by atoms with Crippen molar-refractivity contribution < 1.29 is 5.11 Å². The van der Waals surface area contributed by atoms with E-state index in [4.69, 9.17) is 0 Å². The van der Waals surface area contributed by atoms with Crippen LogP contribution < -0.4 is 5.32 Å². The van der Waals surface area contributed by atoms with Gasteiger partial charge in [-0.25, -0.2) is 0 Å². The van der Waals surface area contributed by atoms with Crippen LogP contribution in [-0.2, 0) is 6.42 Å². The lowest BCUT2D eigenvalue weighted by Crippen LogP contribution is -2.34. The first kappa shape index (κ1) is 13.0. The van der Waals surface area contributed by atoms with E-state index in [1.807, 2.05) is 12.1 Å². The van der Waals surface area contributed by atoms with Crippen LogP contribution in [0.3, 0.4) is 0 Å². The molecule has 0 radical (unpaired) electrons. The molecule has 0 saturated heterocycles. The Hall–Kier alpha value is -1.02. The van der Waals surface area contributed by atoms with Crippen molar-refractivity contribution in [1.29, 1.82) is 0 Å². The molecule has 0 aromatic heterocycles. The summed E-state index contributed by atoms with van der Waals surface area (Å²) in [7, 11) is 0. The van der Waals surface area contributed by atoms with Crippen molar-refractivity contribution in [2.75, 3.05) is 0 Å². The number of benzene rings is 1. The summed E-state index contributed by atoms with van der Waals surface area (Å²) in [5.74, 6) is 0.410. The van der Waals surface area contributed by atoms with Crippen LogP contribution in [0.25, 0.3) is 0 Å². The Morgan fingerprint density at radius 2 is 1.74 bits per heavy atom. The monoisotopic (exact) mass is 259 g/mol. The molecule has 3 rings (SSSR count). The van der Waals surface area contributed by atoms with Gasteiger partial charge >= 0.3 is 0 Å². The smallest absolute Gasteiger partial charge is 0.115 e. The first-order chi connectivity index (χ1) is 9.33. The van der Waals surface area contributed by atoms with Crippen LogP contribution in [0, 0.1) is 0 Å². The molecule has 2 aliphatic carbocycles. The van der Waals surface area contributed by atoms with Crippen molar-refractivity contribution in [2.45, 2.75) is 69.9 Å². The first-order valence-corrected chi connectivity index (χ1v) is 7.91. The van der Waals surface area contributed by atoms with Gasteiger partial charge in [-0.1, -0.05) is 31.7 Å². The van der Waals surface area contributed by atoms with E-state index in [9.17, 15) is 5.11 Å². The lowest BCUT2D eigenvalue weighted by molar-refractivity contribution is 0.366. The summed E-state index contributed by atoms with van der Waals surface area (Å²) >= 11 is 0. The number of phenols is 1. The molecular weight excluding hydrogens is 234 g/mol. The number of aryl methyl sites for hydroxylation is 1. The number of fused-ring (bicyclic) bond motifs is 1. The van der Waals surface area contributed by atoms with Crippen molar-refractivity contribution >= 4 is 0 Å². The highest BCUT2D eigenvalue weighted by Crippen LogP contribution is 2.33. The van der Waals surface area contributed by atoms with Gasteiger partial charge in [0.25, 0.3) is 0 Å². The summed E-state index contributed by atoms with van der Waals surface area (Å²) in [4.78, 5) is 0. The molecule has 1 aromatic carbocycles. The molecule has 2 aliphatic rings. The molecule has 0 heterocycles. The van der Waals surface area contributed by atoms with E-state index in [0.29, 0.717) is 17.8 Å². The summed E-state index contributed by atoms with van der Waals surface area (Å²) in [6.07, 6.45) is 11.8. The number of nitrogens with one attached hydrogen (secondary N) is 1. The molecule has 2 nitrogen and oxygen atoms in total. The van der Waals surface area contributed by atoms with Gasteiger partial charge in [0.1, 0.15) is 5.75 Å². The zero-order chi connectivity index (χ0) is 13.1. The number of rotatable bonds is 2. The van der Waals surface area contributed by atoms with E-state index in [2.05, 4.69) is 11.4 Å². The topological polar surface area (TPSA) is 32.3 Å². The molecule has 1 saturated carbocycles. The predicted octanol–water partition coefficient (Wildman–Crippen LogP) is 4.08. The Bertz CT molecular complexity index is 421. The first-order valence-electron chi connectivity index (χ1n) is 7.91. The third kappa shape index (κ3) is 3.11. The highest BCUT2D eigenvalue weighted by Gasteiger charge is 2.23.